The monoisotopic (exact) mass is 209 g/mol. The van der Waals surface area contributed by atoms with Crippen molar-refractivity contribution in [2.75, 3.05) is 13.7 Å². The van der Waals surface area contributed by atoms with E-state index in [4.69, 9.17) is 14.7 Å². The molecule has 3 nitrogen and oxygen atoms in total. The molecular formula is C10H11NO2S. The molecule has 0 unspecified atom stereocenters. The molecule has 0 aliphatic rings. The van der Waals surface area contributed by atoms with Crippen molar-refractivity contribution in [1.82, 2.24) is 0 Å². The molecule has 0 radical (unpaired) electrons. The Morgan fingerprint density at radius 2 is 2.14 bits per heavy atom. The summed E-state index contributed by atoms with van der Waals surface area (Å²) >= 11 is 1.05. The van der Waals surface area contributed by atoms with Crippen LogP contribution in [0.4, 0.5) is 0 Å². The van der Waals surface area contributed by atoms with Gasteiger partial charge >= 0.3 is 0 Å². The van der Waals surface area contributed by atoms with Gasteiger partial charge in [-0.25, -0.2) is 0 Å². The van der Waals surface area contributed by atoms with Crippen LogP contribution in [0, 0.1) is 10.7 Å². The van der Waals surface area contributed by atoms with Gasteiger partial charge in [0, 0.05) is 0 Å². The summed E-state index contributed by atoms with van der Waals surface area (Å²) in [6.07, 6.45) is 0. The van der Waals surface area contributed by atoms with Crippen molar-refractivity contribution in [2.45, 2.75) is 11.8 Å². The number of methoxy groups -OCH3 is 1. The van der Waals surface area contributed by atoms with Crippen molar-refractivity contribution in [3.63, 3.8) is 0 Å². The quantitative estimate of drug-likeness (QED) is 0.564. The van der Waals surface area contributed by atoms with Crippen molar-refractivity contribution in [1.29, 1.82) is 5.26 Å². The van der Waals surface area contributed by atoms with Crippen LogP contribution in [0.25, 0.3) is 0 Å². The highest BCUT2D eigenvalue weighted by atomic mass is 32.2. The van der Waals surface area contributed by atoms with Crippen LogP contribution in [0.3, 0.4) is 0 Å². The molecule has 0 saturated heterocycles. The molecule has 1 aromatic carbocycles. The maximum Gasteiger partial charge on any atom is 0.138 e. The van der Waals surface area contributed by atoms with E-state index in [2.05, 4.69) is 0 Å². The lowest BCUT2D eigenvalue weighted by atomic mass is 10.3. The summed E-state index contributed by atoms with van der Waals surface area (Å²) in [5.41, 5.74) is 0. The number of nitriles is 1. The Morgan fingerprint density at radius 3 is 2.71 bits per heavy atom. The average molecular weight is 209 g/mol. The van der Waals surface area contributed by atoms with E-state index < -0.39 is 0 Å². The van der Waals surface area contributed by atoms with Crippen LogP contribution < -0.4 is 9.47 Å². The molecule has 0 amide bonds. The summed E-state index contributed by atoms with van der Waals surface area (Å²) in [6.45, 7) is 2.48. The standard InChI is InChI=1S/C10H11NO2S/c1-3-13-9-6-4-5-8(12-2)10(9)14-7-11/h4-6H,3H2,1-2H3. The number of nitrogens with zero attached hydrogens (tertiary/aromatic N) is 1. The van der Waals surface area contributed by atoms with Gasteiger partial charge in [-0.3, -0.25) is 0 Å². The summed E-state index contributed by atoms with van der Waals surface area (Å²) in [6, 6.07) is 5.47. The van der Waals surface area contributed by atoms with Crippen LogP contribution in [0.1, 0.15) is 6.92 Å². The number of hydrogen-bond donors (Lipinski definition) is 0. The number of ether oxygens (including phenoxy) is 2. The van der Waals surface area contributed by atoms with Crippen LogP contribution in [-0.4, -0.2) is 13.7 Å². The predicted molar refractivity (Wildman–Crippen MR) is 55.6 cm³/mol. The molecule has 14 heavy (non-hydrogen) atoms. The van der Waals surface area contributed by atoms with E-state index in [1.54, 1.807) is 7.11 Å². The molecule has 0 atom stereocenters. The Morgan fingerprint density at radius 1 is 1.43 bits per heavy atom. The Hall–Kier alpha value is -1.34. The zero-order valence-corrected chi connectivity index (χ0v) is 8.93. The van der Waals surface area contributed by atoms with Crippen molar-refractivity contribution < 1.29 is 9.47 Å². The Bertz CT molecular complexity index is 346. The van der Waals surface area contributed by atoms with Crippen LogP contribution >= 0.6 is 11.8 Å². The van der Waals surface area contributed by atoms with E-state index >= 15 is 0 Å². The lowest BCUT2D eigenvalue weighted by Crippen LogP contribution is -1.95. The van der Waals surface area contributed by atoms with Gasteiger partial charge in [-0.1, -0.05) is 6.07 Å². The van der Waals surface area contributed by atoms with Crippen LogP contribution in [0.15, 0.2) is 23.1 Å². The minimum atomic E-state index is 0.576. The molecule has 0 saturated carbocycles. The fraction of sp³-hybridized carbons (Fsp3) is 0.300. The molecule has 0 spiro atoms. The normalized spacial score (nSPS) is 9.21. The summed E-state index contributed by atoms with van der Waals surface area (Å²) in [5.74, 6) is 1.36. The first-order valence-corrected chi connectivity index (χ1v) is 5.00. The van der Waals surface area contributed by atoms with Gasteiger partial charge < -0.3 is 9.47 Å². The van der Waals surface area contributed by atoms with Crippen LogP contribution in [0.2, 0.25) is 0 Å². The van der Waals surface area contributed by atoms with Gasteiger partial charge in [-0.05, 0) is 30.8 Å². The third-order valence-corrected chi connectivity index (χ3v) is 2.31. The highest BCUT2D eigenvalue weighted by molar-refractivity contribution is 8.03. The zero-order chi connectivity index (χ0) is 10.4. The SMILES string of the molecule is CCOc1cccc(OC)c1SC#N. The number of hydrogen-bond acceptors (Lipinski definition) is 4. The molecule has 4 heteroatoms. The number of thiocyanates is 1. The summed E-state index contributed by atoms with van der Waals surface area (Å²) in [5, 5.41) is 10.6. The first kappa shape index (κ1) is 10.7. The second kappa shape index (κ2) is 5.40. The molecule has 0 aliphatic carbocycles. The third kappa shape index (κ3) is 2.33. The fourth-order valence-corrected chi connectivity index (χ4v) is 1.64. The van der Waals surface area contributed by atoms with Gasteiger partial charge in [0.05, 0.1) is 13.7 Å². The highest BCUT2D eigenvalue weighted by Gasteiger charge is 2.10. The van der Waals surface area contributed by atoms with Gasteiger partial charge in [0.1, 0.15) is 21.8 Å². The summed E-state index contributed by atoms with van der Waals surface area (Å²) in [4.78, 5) is 0.736. The molecular weight excluding hydrogens is 198 g/mol. The van der Waals surface area contributed by atoms with Gasteiger partial charge in [-0.2, -0.15) is 5.26 Å². The minimum Gasteiger partial charge on any atom is -0.495 e. The molecule has 0 aliphatic heterocycles. The smallest absolute Gasteiger partial charge is 0.138 e. The molecule has 0 aromatic heterocycles. The molecule has 0 bridgehead atoms. The van der Waals surface area contributed by atoms with Gasteiger partial charge in [0.25, 0.3) is 0 Å². The predicted octanol–water partition coefficient (Wildman–Crippen LogP) is 2.67. The lowest BCUT2D eigenvalue weighted by molar-refractivity contribution is 0.324. The zero-order valence-electron chi connectivity index (χ0n) is 8.11. The molecule has 1 aromatic rings. The molecule has 0 heterocycles. The van der Waals surface area contributed by atoms with E-state index in [9.17, 15) is 0 Å². The van der Waals surface area contributed by atoms with Crippen LogP contribution in [-0.2, 0) is 0 Å². The second-order valence-electron chi connectivity index (χ2n) is 2.41. The van der Waals surface area contributed by atoms with Gasteiger partial charge in [0.15, 0.2) is 0 Å². The van der Waals surface area contributed by atoms with E-state index in [0.717, 1.165) is 16.7 Å². The van der Waals surface area contributed by atoms with Crippen molar-refractivity contribution in [2.24, 2.45) is 0 Å². The summed E-state index contributed by atoms with van der Waals surface area (Å²) < 4.78 is 10.5. The first-order valence-electron chi connectivity index (χ1n) is 4.19. The third-order valence-electron chi connectivity index (χ3n) is 1.61. The summed E-state index contributed by atoms with van der Waals surface area (Å²) in [7, 11) is 1.58. The second-order valence-corrected chi connectivity index (χ2v) is 3.21. The van der Waals surface area contributed by atoms with Crippen LogP contribution in [0.5, 0.6) is 11.5 Å². The van der Waals surface area contributed by atoms with Crippen molar-refractivity contribution in [3.8, 4) is 16.9 Å². The maximum atomic E-state index is 8.63. The van der Waals surface area contributed by atoms with Crippen molar-refractivity contribution >= 4 is 11.8 Å². The molecule has 0 fully saturated rings. The average Bonchev–Trinajstić information content (AvgIpc) is 2.21. The lowest BCUT2D eigenvalue weighted by Gasteiger charge is -2.10. The van der Waals surface area contributed by atoms with Gasteiger partial charge in [-0.15, -0.1) is 0 Å². The number of rotatable bonds is 4. The van der Waals surface area contributed by atoms with E-state index in [-0.39, 0.29) is 0 Å². The molecule has 1 rings (SSSR count). The molecule has 74 valence electrons. The fourth-order valence-electron chi connectivity index (χ4n) is 1.07. The largest absolute Gasteiger partial charge is 0.495 e. The first-order chi connectivity index (χ1) is 6.83. The van der Waals surface area contributed by atoms with Gasteiger partial charge in [0.2, 0.25) is 0 Å². The van der Waals surface area contributed by atoms with E-state index in [1.807, 2.05) is 30.5 Å². The Balaban J connectivity index is 3.08. The van der Waals surface area contributed by atoms with E-state index in [0.29, 0.717) is 18.1 Å². The van der Waals surface area contributed by atoms with E-state index in [1.165, 1.54) is 0 Å². The molecule has 0 N–H and O–H groups in total. The highest BCUT2D eigenvalue weighted by Crippen LogP contribution is 2.36. The Labute approximate surface area is 87.6 Å². The maximum absolute atomic E-state index is 8.63. The minimum absolute atomic E-state index is 0.576. The Kier molecular flexibility index (Phi) is 4.14. The number of benzene rings is 1. The topological polar surface area (TPSA) is 42.2 Å². The van der Waals surface area contributed by atoms with Crippen molar-refractivity contribution in [3.05, 3.63) is 18.2 Å². The number of thioether (sulfide) groups is 1.